The van der Waals surface area contributed by atoms with Crippen LogP contribution in [-0.2, 0) is 6.54 Å². The Hall–Kier alpha value is -0.860. The average molecular weight is 301 g/mol. The van der Waals surface area contributed by atoms with Crippen LogP contribution in [0.15, 0.2) is 30.3 Å². The van der Waals surface area contributed by atoms with Crippen LogP contribution in [0.2, 0.25) is 0 Å². The number of hydrogen-bond acceptors (Lipinski definition) is 2. The third-order valence-electron chi connectivity index (χ3n) is 6.01. The Morgan fingerprint density at radius 2 is 1.77 bits per heavy atom. The SMILES string of the molecule is CC(C)C1CC2(CC1O)CN(Cc1ccccc1)C2C(C)C. The smallest absolute Gasteiger partial charge is 0.0577 e. The van der Waals surface area contributed by atoms with Crippen molar-refractivity contribution in [3.63, 3.8) is 0 Å². The van der Waals surface area contributed by atoms with Crippen molar-refractivity contribution in [1.29, 1.82) is 0 Å². The standard InChI is InChI=1S/C20H31NO/c1-14(2)17-10-20(11-18(17)22)13-21(19(20)15(3)4)12-16-8-6-5-7-9-16/h5-9,14-15,17-19,22H,10-13H2,1-4H3. The van der Waals surface area contributed by atoms with E-state index < -0.39 is 0 Å². The molecule has 1 aromatic rings. The second kappa shape index (κ2) is 5.98. The van der Waals surface area contributed by atoms with Gasteiger partial charge in [-0.1, -0.05) is 58.0 Å². The van der Waals surface area contributed by atoms with Gasteiger partial charge in [0.25, 0.3) is 0 Å². The highest BCUT2D eigenvalue weighted by Gasteiger charge is 2.59. The quantitative estimate of drug-likeness (QED) is 0.910. The molecule has 2 nitrogen and oxygen atoms in total. The lowest BCUT2D eigenvalue weighted by molar-refractivity contribution is -0.106. The minimum atomic E-state index is -0.0971. The third-order valence-corrected chi connectivity index (χ3v) is 6.01. The maximum Gasteiger partial charge on any atom is 0.0577 e. The highest BCUT2D eigenvalue weighted by Crippen LogP contribution is 2.56. The lowest BCUT2D eigenvalue weighted by Crippen LogP contribution is -2.65. The molecule has 2 heteroatoms. The van der Waals surface area contributed by atoms with Crippen LogP contribution < -0.4 is 0 Å². The molecule has 1 N–H and O–H groups in total. The maximum atomic E-state index is 10.5. The van der Waals surface area contributed by atoms with E-state index in [4.69, 9.17) is 0 Å². The summed E-state index contributed by atoms with van der Waals surface area (Å²) >= 11 is 0. The van der Waals surface area contributed by atoms with E-state index in [1.165, 1.54) is 12.0 Å². The van der Waals surface area contributed by atoms with Crippen LogP contribution >= 0.6 is 0 Å². The van der Waals surface area contributed by atoms with E-state index in [9.17, 15) is 5.11 Å². The molecule has 1 aliphatic carbocycles. The molecule has 2 aliphatic rings. The predicted octanol–water partition coefficient (Wildman–Crippen LogP) is 3.94. The van der Waals surface area contributed by atoms with E-state index in [-0.39, 0.29) is 6.10 Å². The zero-order valence-electron chi connectivity index (χ0n) is 14.5. The normalized spacial score (nSPS) is 35.5. The number of benzene rings is 1. The van der Waals surface area contributed by atoms with E-state index in [1.54, 1.807) is 0 Å². The largest absolute Gasteiger partial charge is 0.393 e. The second-order valence-electron chi connectivity index (χ2n) is 8.33. The fourth-order valence-electron chi connectivity index (χ4n) is 5.28. The van der Waals surface area contributed by atoms with Gasteiger partial charge in [-0.05, 0) is 36.2 Å². The summed E-state index contributed by atoms with van der Waals surface area (Å²) in [6, 6.07) is 11.4. The van der Waals surface area contributed by atoms with Crippen LogP contribution in [-0.4, -0.2) is 28.7 Å². The van der Waals surface area contributed by atoms with Gasteiger partial charge in [-0.25, -0.2) is 0 Å². The molecular weight excluding hydrogens is 270 g/mol. The molecular formula is C20H31NO. The molecule has 2 fully saturated rings. The van der Waals surface area contributed by atoms with Crippen LogP contribution in [0.4, 0.5) is 0 Å². The number of hydrogen-bond donors (Lipinski definition) is 1. The van der Waals surface area contributed by atoms with Crippen molar-refractivity contribution >= 4 is 0 Å². The molecule has 122 valence electrons. The summed E-state index contributed by atoms with van der Waals surface area (Å²) < 4.78 is 0. The van der Waals surface area contributed by atoms with Gasteiger partial charge in [-0.2, -0.15) is 0 Å². The molecule has 1 aliphatic heterocycles. The Morgan fingerprint density at radius 1 is 1.09 bits per heavy atom. The van der Waals surface area contributed by atoms with E-state index in [0.29, 0.717) is 29.2 Å². The van der Waals surface area contributed by atoms with Gasteiger partial charge in [0.2, 0.25) is 0 Å². The fraction of sp³-hybridized carbons (Fsp3) is 0.700. The van der Waals surface area contributed by atoms with Crippen molar-refractivity contribution in [2.75, 3.05) is 6.54 Å². The molecule has 1 spiro atoms. The first kappa shape index (κ1) is 16.0. The number of aliphatic hydroxyl groups is 1. The first-order valence-electron chi connectivity index (χ1n) is 8.89. The van der Waals surface area contributed by atoms with Gasteiger partial charge in [0.15, 0.2) is 0 Å². The first-order valence-corrected chi connectivity index (χ1v) is 8.89. The second-order valence-corrected chi connectivity index (χ2v) is 8.33. The molecule has 1 saturated carbocycles. The van der Waals surface area contributed by atoms with Gasteiger partial charge in [0, 0.05) is 24.5 Å². The van der Waals surface area contributed by atoms with Crippen LogP contribution in [0, 0.1) is 23.2 Å². The Morgan fingerprint density at radius 3 is 2.32 bits per heavy atom. The van der Waals surface area contributed by atoms with Crippen molar-refractivity contribution in [3.05, 3.63) is 35.9 Å². The van der Waals surface area contributed by atoms with Gasteiger partial charge < -0.3 is 5.11 Å². The van der Waals surface area contributed by atoms with Crippen molar-refractivity contribution in [3.8, 4) is 0 Å². The predicted molar refractivity (Wildman–Crippen MR) is 91.5 cm³/mol. The van der Waals surface area contributed by atoms with Crippen LogP contribution in [0.25, 0.3) is 0 Å². The number of rotatable bonds is 4. The maximum absolute atomic E-state index is 10.5. The highest BCUT2D eigenvalue weighted by molar-refractivity contribution is 5.18. The zero-order chi connectivity index (χ0) is 15.9. The molecule has 1 aromatic carbocycles. The Kier molecular flexibility index (Phi) is 4.35. The Labute approximate surface area is 135 Å². The summed E-state index contributed by atoms with van der Waals surface area (Å²) in [7, 11) is 0. The van der Waals surface area contributed by atoms with Crippen molar-refractivity contribution in [1.82, 2.24) is 4.90 Å². The zero-order valence-corrected chi connectivity index (χ0v) is 14.5. The van der Waals surface area contributed by atoms with E-state index >= 15 is 0 Å². The third kappa shape index (κ3) is 2.72. The molecule has 0 radical (unpaired) electrons. The summed E-state index contributed by atoms with van der Waals surface area (Å²) in [5, 5.41) is 10.5. The van der Waals surface area contributed by atoms with Crippen LogP contribution in [0.3, 0.4) is 0 Å². The molecule has 0 aromatic heterocycles. The van der Waals surface area contributed by atoms with Gasteiger partial charge in [-0.3, -0.25) is 4.90 Å². The van der Waals surface area contributed by atoms with E-state index in [2.05, 4.69) is 62.9 Å². The highest BCUT2D eigenvalue weighted by atomic mass is 16.3. The van der Waals surface area contributed by atoms with Gasteiger partial charge >= 0.3 is 0 Å². The molecule has 1 heterocycles. The summed E-state index contributed by atoms with van der Waals surface area (Å²) in [5.41, 5.74) is 1.76. The van der Waals surface area contributed by atoms with Crippen molar-refractivity contribution in [2.24, 2.45) is 23.2 Å². The van der Waals surface area contributed by atoms with Gasteiger partial charge in [0.05, 0.1) is 6.10 Å². The Bertz CT molecular complexity index is 498. The summed E-state index contributed by atoms with van der Waals surface area (Å²) in [6.07, 6.45) is 2.12. The van der Waals surface area contributed by atoms with Crippen LogP contribution in [0.1, 0.15) is 46.1 Å². The van der Waals surface area contributed by atoms with Gasteiger partial charge in [-0.15, -0.1) is 0 Å². The molecule has 4 unspecified atom stereocenters. The van der Waals surface area contributed by atoms with Crippen molar-refractivity contribution in [2.45, 2.75) is 59.2 Å². The summed E-state index contributed by atoms with van der Waals surface area (Å²) in [6.45, 7) is 11.4. The molecule has 3 rings (SSSR count). The molecule has 0 bridgehead atoms. The molecule has 4 atom stereocenters. The number of aliphatic hydroxyl groups excluding tert-OH is 1. The Balaban J connectivity index is 1.73. The lowest BCUT2D eigenvalue weighted by Gasteiger charge is -2.59. The molecule has 1 saturated heterocycles. The van der Waals surface area contributed by atoms with Crippen LogP contribution in [0.5, 0.6) is 0 Å². The average Bonchev–Trinajstić information content (AvgIpc) is 2.78. The summed E-state index contributed by atoms with van der Waals surface area (Å²) in [4.78, 5) is 2.63. The molecule has 22 heavy (non-hydrogen) atoms. The van der Waals surface area contributed by atoms with Gasteiger partial charge in [0.1, 0.15) is 0 Å². The van der Waals surface area contributed by atoms with E-state index in [0.717, 1.165) is 19.5 Å². The first-order chi connectivity index (χ1) is 10.4. The molecule has 0 amide bonds. The number of nitrogens with zero attached hydrogens (tertiary/aromatic N) is 1. The van der Waals surface area contributed by atoms with Crippen molar-refractivity contribution < 1.29 is 5.11 Å². The minimum Gasteiger partial charge on any atom is -0.393 e. The fourth-order valence-corrected chi connectivity index (χ4v) is 5.28. The topological polar surface area (TPSA) is 23.5 Å². The monoisotopic (exact) mass is 301 g/mol. The summed E-state index contributed by atoms with van der Waals surface area (Å²) in [5.74, 6) is 1.72. The number of likely N-dealkylation sites (tertiary alicyclic amines) is 1. The van der Waals surface area contributed by atoms with E-state index in [1.807, 2.05) is 0 Å². The minimum absolute atomic E-state index is 0.0971. The lowest BCUT2D eigenvalue weighted by atomic mass is 9.65.